The van der Waals surface area contributed by atoms with Crippen molar-refractivity contribution in [1.82, 2.24) is 15.5 Å². The average Bonchev–Trinajstić information content (AvgIpc) is 2.77. The monoisotopic (exact) mass is 335 g/mol. The van der Waals surface area contributed by atoms with Crippen LogP contribution in [0.25, 0.3) is 0 Å². The molecule has 0 saturated carbocycles. The van der Waals surface area contributed by atoms with E-state index in [2.05, 4.69) is 22.5 Å². The molecule has 7 heteroatoms. The predicted octanol–water partition coefficient (Wildman–Crippen LogP) is 2.53. The molecule has 2 unspecified atom stereocenters. The van der Waals surface area contributed by atoms with Crippen molar-refractivity contribution in [3.05, 3.63) is 20.3 Å². The van der Waals surface area contributed by atoms with Gasteiger partial charge in [0.1, 0.15) is 6.04 Å². The second-order valence-electron chi connectivity index (χ2n) is 4.81. The van der Waals surface area contributed by atoms with Gasteiger partial charge in [-0.1, -0.05) is 23.2 Å². The molecule has 0 radical (unpaired) electrons. The van der Waals surface area contributed by atoms with Gasteiger partial charge in [-0.3, -0.25) is 9.69 Å². The SMILES string of the molecule is CCNC(=O)C1CNCCN1C(C)c1cc(Cl)sc1Cl. The molecular formula is C13H19Cl2N3OS. The number of carbonyl (C=O) groups is 1. The fourth-order valence-corrected chi connectivity index (χ4v) is 4.17. The zero-order chi connectivity index (χ0) is 14.7. The van der Waals surface area contributed by atoms with Crippen LogP contribution in [0.15, 0.2) is 6.07 Å². The molecule has 2 N–H and O–H groups in total. The average molecular weight is 336 g/mol. The van der Waals surface area contributed by atoms with Crippen LogP contribution in [-0.2, 0) is 4.79 Å². The van der Waals surface area contributed by atoms with Crippen molar-refractivity contribution in [3.8, 4) is 0 Å². The van der Waals surface area contributed by atoms with Crippen molar-refractivity contribution in [3.63, 3.8) is 0 Å². The highest BCUT2D eigenvalue weighted by Crippen LogP contribution is 2.37. The largest absolute Gasteiger partial charge is 0.355 e. The van der Waals surface area contributed by atoms with E-state index in [0.29, 0.717) is 21.8 Å². The highest BCUT2D eigenvalue weighted by Gasteiger charge is 2.33. The summed E-state index contributed by atoms with van der Waals surface area (Å²) in [5, 5.41) is 6.17. The Morgan fingerprint density at radius 3 is 3.00 bits per heavy atom. The second kappa shape index (κ2) is 7.09. The third-order valence-corrected chi connectivity index (χ3v) is 5.09. The fraction of sp³-hybridized carbons (Fsp3) is 0.615. The summed E-state index contributed by atoms with van der Waals surface area (Å²) in [6.45, 7) is 6.98. The van der Waals surface area contributed by atoms with Gasteiger partial charge in [-0.25, -0.2) is 0 Å². The smallest absolute Gasteiger partial charge is 0.238 e. The Labute approximate surface area is 133 Å². The molecule has 0 bridgehead atoms. The number of hydrogen-bond acceptors (Lipinski definition) is 4. The van der Waals surface area contributed by atoms with Crippen molar-refractivity contribution < 1.29 is 4.79 Å². The van der Waals surface area contributed by atoms with E-state index in [0.717, 1.165) is 18.7 Å². The Hall–Kier alpha value is -0.330. The summed E-state index contributed by atoms with van der Waals surface area (Å²) < 4.78 is 1.39. The summed E-state index contributed by atoms with van der Waals surface area (Å²) in [4.78, 5) is 14.4. The maximum absolute atomic E-state index is 12.2. The molecule has 0 aliphatic carbocycles. The molecular weight excluding hydrogens is 317 g/mol. The minimum absolute atomic E-state index is 0.0593. The zero-order valence-corrected chi connectivity index (χ0v) is 13.9. The molecule has 1 fully saturated rings. The quantitative estimate of drug-likeness (QED) is 0.888. The summed E-state index contributed by atoms with van der Waals surface area (Å²) in [5.41, 5.74) is 0.998. The summed E-state index contributed by atoms with van der Waals surface area (Å²) in [7, 11) is 0. The Morgan fingerprint density at radius 1 is 1.65 bits per heavy atom. The van der Waals surface area contributed by atoms with Crippen molar-refractivity contribution in [1.29, 1.82) is 0 Å². The van der Waals surface area contributed by atoms with Gasteiger partial charge in [0.2, 0.25) is 5.91 Å². The van der Waals surface area contributed by atoms with Crippen molar-refractivity contribution >= 4 is 40.4 Å². The molecule has 0 spiro atoms. The van der Waals surface area contributed by atoms with Crippen LogP contribution in [0.2, 0.25) is 8.67 Å². The first-order chi connectivity index (χ1) is 9.54. The summed E-state index contributed by atoms with van der Waals surface area (Å²) in [6.07, 6.45) is 0. The van der Waals surface area contributed by atoms with Crippen LogP contribution in [0.5, 0.6) is 0 Å². The van der Waals surface area contributed by atoms with Gasteiger partial charge < -0.3 is 10.6 Å². The van der Waals surface area contributed by atoms with Crippen LogP contribution in [0.3, 0.4) is 0 Å². The van der Waals surface area contributed by atoms with Crippen LogP contribution in [0.1, 0.15) is 25.5 Å². The molecule has 2 rings (SSSR count). The minimum atomic E-state index is -0.173. The molecule has 1 amide bonds. The Balaban J connectivity index is 2.19. The number of nitrogens with one attached hydrogen (secondary N) is 2. The van der Waals surface area contributed by atoms with E-state index in [-0.39, 0.29) is 18.0 Å². The van der Waals surface area contributed by atoms with E-state index < -0.39 is 0 Å². The number of halogens is 2. The number of amides is 1. The molecule has 20 heavy (non-hydrogen) atoms. The van der Waals surface area contributed by atoms with Gasteiger partial charge in [0.05, 0.1) is 8.67 Å². The Bertz CT molecular complexity index is 480. The first-order valence-corrected chi connectivity index (χ1v) is 8.30. The molecule has 1 aromatic heterocycles. The number of piperazine rings is 1. The maximum Gasteiger partial charge on any atom is 0.238 e. The van der Waals surface area contributed by atoms with Gasteiger partial charge >= 0.3 is 0 Å². The standard InChI is InChI=1S/C13H19Cl2N3OS/c1-3-17-13(19)10-7-16-4-5-18(10)8(2)9-6-11(14)20-12(9)15/h6,8,10,16H,3-5,7H2,1-2H3,(H,17,19). The number of carbonyl (C=O) groups excluding carboxylic acids is 1. The van der Waals surface area contributed by atoms with E-state index in [1.807, 2.05) is 13.0 Å². The second-order valence-corrected chi connectivity index (χ2v) is 7.09. The van der Waals surface area contributed by atoms with Gasteiger partial charge in [-0.15, -0.1) is 11.3 Å². The van der Waals surface area contributed by atoms with Crippen LogP contribution in [-0.4, -0.2) is 43.0 Å². The van der Waals surface area contributed by atoms with E-state index in [1.54, 1.807) is 0 Å². The van der Waals surface area contributed by atoms with E-state index in [1.165, 1.54) is 11.3 Å². The number of rotatable bonds is 4. The summed E-state index contributed by atoms with van der Waals surface area (Å²) in [5.74, 6) is 0.0593. The first kappa shape index (κ1) is 16.0. The van der Waals surface area contributed by atoms with E-state index in [4.69, 9.17) is 23.2 Å². The van der Waals surface area contributed by atoms with Crippen molar-refractivity contribution in [2.24, 2.45) is 0 Å². The van der Waals surface area contributed by atoms with E-state index in [9.17, 15) is 4.79 Å². The van der Waals surface area contributed by atoms with Gasteiger partial charge in [0.25, 0.3) is 0 Å². The number of thiophene rings is 1. The highest BCUT2D eigenvalue weighted by atomic mass is 35.5. The predicted molar refractivity (Wildman–Crippen MR) is 84.8 cm³/mol. The van der Waals surface area contributed by atoms with Crippen molar-refractivity contribution in [2.75, 3.05) is 26.2 Å². The third-order valence-electron chi connectivity index (χ3n) is 3.57. The van der Waals surface area contributed by atoms with Gasteiger partial charge in [-0.05, 0) is 19.9 Å². The maximum atomic E-state index is 12.2. The number of nitrogens with zero attached hydrogens (tertiary/aromatic N) is 1. The Morgan fingerprint density at radius 2 is 2.40 bits per heavy atom. The summed E-state index contributed by atoms with van der Waals surface area (Å²) >= 11 is 13.6. The lowest BCUT2D eigenvalue weighted by molar-refractivity contribution is -0.128. The first-order valence-electron chi connectivity index (χ1n) is 6.73. The Kier molecular flexibility index (Phi) is 5.69. The lowest BCUT2D eigenvalue weighted by Crippen LogP contribution is -2.58. The van der Waals surface area contributed by atoms with Crippen LogP contribution in [0, 0.1) is 0 Å². The molecule has 0 aromatic carbocycles. The van der Waals surface area contributed by atoms with Crippen LogP contribution < -0.4 is 10.6 Å². The molecule has 112 valence electrons. The number of hydrogen-bond donors (Lipinski definition) is 2. The van der Waals surface area contributed by atoms with Gasteiger partial charge in [0, 0.05) is 37.8 Å². The molecule has 1 aliphatic rings. The van der Waals surface area contributed by atoms with Crippen molar-refractivity contribution in [2.45, 2.75) is 25.9 Å². The van der Waals surface area contributed by atoms with Crippen LogP contribution >= 0.6 is 34.5 Å². The summed E-state index contributed by atoms with van der Waals surface area (Å²) in [6, 6.07) is 1.80. The minimum Gasteiger partial charge on any atom is -0.355 e. The molecule has 2 atom stereocenters. The normalized spacial score (nSPS) is 21.7. The molecule has 1 saturated heterocycles. The lowest BCUT2D eigenvalue weighted by Gasteiger charge is -2.39. The number of likely N-dealkylation sites (N-methyl/N-ethyl adjacent to an activating group) is 1. The van der Waals surface area contributed by atoms with E-state index >= 15 is 0 Å². The van der Waals surface area contributed by atoms with Gasteiger partial charge in [-0.2, -0.15) is 0 Å². The fourth-order valence-electron chi connectivity index (χ4n) is 2.54. The molecule has 2 heterocycles. The van der Waals surface area contributed by atoms with Gasteiger partial charge in [0.15, 0.2) is 0 Å². The molecule has 1 aliphatic heterocycles. The topological polar surface area (TPSA) is 44.4 Å². The zero-order valence-electron chi connectivity index (χ0n) is 11.6. The third kappa shape index (κ3) is 3.46. The molecule has 4 nitrogen and oxygen atoms in total. The highest BCUT2D eigenvalue weighted by molar-refractivity contribution is 7.20. The molecule has 1 aromatic rings. The lowest BCUT2D eigenvalue weighted by atomic mass is 10.1. The van der Waals surface area contributed by atoms with Crippen LogP contribution in [0.4, 0.5) is 0 Å².